The third-order valence-electron chi connectivity index (χ3n) is 5.20. The molecule has 0 radical (unpaired) electrons. The van der Waals surface area contributed by atoms with Gasteiger partial charge in [0.05, 0.1) is 23.0 Å². The summed E-state index contributed by atoms with van der Waals surface area (Å²) in [5, 5.41) is 2.72. The Kier molecular flexibility index (Phi) is 7.53. The number of hydrogen-bond donors (Lipinski definition) is 1. The Labute approximate surface area is 183 Å². The molecule has 30 heavy (non-hydrogen) atoms. The molecule has 0 aliphatic carbocycles. The molecule has 2 atom stereocenters. The summed E-state index contributed by atoms with van der Waals surface area (Å²) in [5.41, 5.74) is 4.43. The van der Waals surface area contributed by atoms with Gasteiger partial charge in [-0.2, -0.15) is 0 Å². The number of halogens is 2. The second kappa shape index (κ2) is 9.35. The van der Waals surface area contributed by atoms with Crippen molar-refractivity contribution in [3.63, 3.8) is 0 Å². The van der Waals surface area contributed by atoms with Crippen LogP contribution in [0.4, 0.5) is 10.1 Å². The van der Waals surface area contributed by atoms with Crippen molar-refractivity contribution in [1.82, 2.24) is 5.32 Å². The molecule has 0 spiro atoms. The van der Waals surface area contributed by atoms with Gasteiger partial charge >= 0.3 is 0 Å². The summed E-state index contributed by atoms with van der Waals surface area (Å²) in [5.74, 6) is -1.10. The molecule has 0 aromatic heterocycles. The van der Waals surface area contributed by atoms with Crippen LogP contribution in [-0.4, -0.2) is 26.6 Å². The van der Waals surface area contributed by atoms with Gasteiger partial charge in [-0.25, -0.2) is 12.8 Å². The minimum Gasteiger partial charge on any atom is -0.348 e. The summed E-state index contributed by atoms with van der Waals surface area (Å²) in [4.78, 5) is 13.1. The van der Waals surface area contributed by atoms with Crippen molar-refractivity contribution in [2.24, 2.45) is 0 Å². The van der Waals surface area contributed by atoms with Crippen LogP contribution >= 0.6 is 11.6 Å². The van der Waals surface area contributed by atoms with Crippen molar-refractivity contribution < 1.29 is 17.6 Å². The second-order valence-corrected chi connectivity index (χ2v) is 9.87. The maximum Gasteiger partial charge on any atom is 0.244 e. The fourth-order valence-corrected chi connectivity index (χ4v) is 4.90. The molecule has 0 saturated carbocycles. The molecule has 1 amide bonds. The van der Waals surface area contributed by atoms with Gasteiger partial charge in [-0.15, -0.1) is 0 Å². The normalized spacial score (nSPS) is 13.6. The van der Waals surface area contributed by atoms with E-state index < -0.39 is 27.8 Å². The molecule has 164 valence electrons. The van der Waals surface area contributed by atoms with Crippen LogP contribution in [0.1, 0.15) is 48.6 Å². The minimum atomic E-state index is -3.83. The third-order valence-corrected chi connectivity index (χ3v) is 6.66. The van der Waals surface area contributed by atoms with Crippen LogP contribution in [0.15, 0.2) is 30.3 Å². The summed E-state index contributed by atoms with van der Waals surface area (Å²) in [6.45, 7) is 9.59. The number of anilines is 1. The van der Waals surface area contributed by atoms with Crippen molar-refractivity contribution in [3.8, 4) is 0 Å². The lowest BCUT2D eigenvalue weighted by molar-refractivity contribution is -0.122. The van der Waals surface area contributed by atoms with Crippen molar-refractivity contribution in [1.29, 1.82) is 0 Å². The molecule has 0 saturated heterocycles. The predicted octanol–water partition coefficient (Wildman–Crippen LogP) is 4.83. The molecule has 0 aliphatic heterocycles. The van der Waals surface area contributed by atoms with E-state index in [4.69, 9.17) is 11.6 Å². The van der Waals surface area contributed by atoms with Crippen molar-refractivity contribution in [2.45, 2.75) is 53.1 Å². The molecule has 2 aromatic rings. The average molecular weight is 455 g/mol. The molecule has 0 fully saturated rings. The van der Waals surface area contributed by atoms with Gasteiger partial charge in [0.25, 0.3) is 0 Å². The number of nitrogens with one attached hydrogen (secondary N) is 1. The summed E-state index contributed by atoms with van der Waals surface area (Å²) in [7, 11) is -3.83. The summed E-state index contributed by atoms with van der Waals surface area (Å²) in [6, 6.07) is 6.37. The van der Waals surface area contributed by atoms with E-state index in [0.717, 1.165) is 38.9 Å². The highest BCUT2D eigenvalue weighted by Crippen LogP contribution is 2.28. The Morgan fingerprint density at radius 1 is 1.13 bits per heavy atom. The van der Waals surface area contributed by atoms with Crippen LogP contribution in [0.3, 0.4) is 0 Å². The first kappa shape index (κ1) is 24.2. The van der Waals surface area contributed by atoms with Crippen molar-refractivity contribution in [3.05, 3.63) is 63.4 Å². The smallest absolute Gasteiger partial charge is 0.244 e. The van der Waals surface area contributed by atoms with E-state index in [0.29, 0.717) is 0 Å². The fourth-order valence-electron chi connectivity index (χ4n) is 3.52. The molecular weight excluding hydrogens is 427 g/mol. The fraction of sp³-hybridized carbons (Fsp3) is 0.409. The third kappa shape index (κ3) is 5.32. The van der Waals surface area contributed by atoms with Crippen molar-refractivity contribution in [2.75, 3.05) is 10.6 Å². The van der Waals surface area contributed by atoms with Crippen LogP contribution in [0.5, 0.6) is 0 Å². The number of benzene rings is 2. The molecule has 0 unspecified atom stereocenters. The quantitative estimate of drug-likeness (QED) is 0.651. The molecule has 0 bridgehead atoms. The molecule has 5 nitrogen and oxygen atoms in total. The van der Waals surface area contributed by atoms with Crippen LogP contribution in [-0.2, 0) is 14.8 Å². The Bertz CT molecular complexity index is 1060. The number of sulfonamides is 1. The van der Waals surface area contributed by atoms with Crippen LogP contribution < -0.4 is 9.62 Å². The standard InChI is InChI=1S/C22H28ClFN2O3S/c1-7-21(26(30(6,28)29)17-8-9-20(24)19(23)12-17)22(27)25-16(5)18-11-14(3)13(2)10-15(18)4/h8-12,16,21H,7H2,1-6H3,(H,25,27)/t16-,21-/m1/s1. The largest absolute Gasteiger partial charge is 0.348 e. The number of carbonyl (C=O) groups is 1. The summed E-state index contributed by atoms with van der Waals surface area (Å²) < 4.78 is 39.6. The van der Waals surface area contributed by atoms with Crippen LogP contribution in [0, 0.1) is 26.6 Å². The van der Waals surface area contributed by atoms with Gasteiger partial charge in [-0.3, -0.25) is 9.10 Å². The van der Waals surface area contributed by atoms with Gasteiger partial charge in [0.2, 0.25) is 15.9 Å². The molecule has 0 aliphatic rings. The molecule has 2 rings (SSSR count). The highest BCUT2D eigenvalue weighted by atomic mass is 35.5. The average Bonchev–Trinajstić information content (AvgIpc) is 2.63. The van der Waals surface area contributed by atoms with E-state index in [9.17, 15) is 17.6 Å². The summed E-state index contributed by atoms with van der Waals surface area (Å²) in [6.07, 6.45) is 1.24. The van der Waals surface area contributed by atoms with Gasteiger partial charge in [-0.1, -0.05) is 30.7 Å². The first-order valence-corrected chi connectivity index (χ1v) is 11.9. The van der Waals surface area contributed by atoms with Crippen LogP contribution in [0.25, 0.3) is 0 Å². The maximum absolute atomic E-state index is 13.6. The minimum absolute atomic E-state index is 0.140. The number of carbonyl (C=O) groups excluding carboxylic acids is 1. The van der Waals surface area contributed by atoms with Crippen LogP contribution in [0.2, 0.25) is 5.02 Å². The number of rotatable bonds is 7. The molecule has 1 N–H and O–H groups in total. The molecule has 8 heteroatoms. The lowest BCUT2D eigenvalue weighted by Gasteiger charge is -2.31. The van der Waals surface area contributed by atoms with Crippen molar-refractivity contribution >= 4 is 33.2 Å². The van der Waals surface area contributed by atoms with Gasteiger partial charge in [0, 0.05) is 0 Å². The highest BCUT2D eigenvalue weighted by Gasteiger charge is 2.32. The zero-order valence-corrected chi connectivity index (χ0v) is 19.7. The first-order chi connectivity index (χ1) is 13.9. The van der Waals surface area contributed by atoms with E-state index in [1.165, 1.54) is 12.1 Å². The van der Waals surface area contributed by atoms with Gasteiger partial charge in [0.1, 0.15) is 11.9 Å². The second-order valence-electron chi connectivity index (χ2n) is 7.60. The Balaban J connectivity index is 2.38. The maximum atomic E-state index is 13.6. The highest BCUT2D eigenvalue weighted by molar-refractivity contribution is 7.92. The first-order valence-electron chi connectivity index (χ1n) is 9.69. The number of aryl methyl sites for hydroxylation is 3. The van der Waals surface area contributed by atoms with Gasteiger partial charge in [-0.05, 0) is 74.6 Å². The molecular formula is C22H28ClFN2O3S. The molecule has 2 aromatic carbocycles. The lowest BCUT2D eigenvalue weighted by atomic mass is 9.96. The van der Waals surface area contributed by atoms with E-state index in [1.54, 1.807) is 6.92 Å². The van der Waals surface area contributed by atoms with E-state index in [-0.39, 0.29) is 23.2 Å². The Hall–Kier alpha value is -2.12. The van der Waals surface area contributed by atoms with E-state index >= 15 is 0 Å². The Morgan fingerprint density at radius 3 is 2.27 bits per heavy atom. The van der Waals surface area contributed by atoms with Gasteiger partial charge < -0.3 is 5.32 Å². The number of amides is 1. The summed E-state index contributed by atoms with van der Waals surface area (Å²) >= 11 is 5.85. The Morgan fingerprint density at radius 2 is 1.73 bits per heavy atom. The monoisotopic (exact) mass is 454 g/mol. The zero-order valence-electron chi connectivity index (χ0n) is 18.1. The predicted molar refractivity (Wildman–Crippen MR) is 120 cm³/mol. The lowest BCUT2D eigenvalue weighted by Crippen LogP contribution is -2.49. The SMILES string of the molecule is CC[C@H](C(=O)N[C@H](C)c1cc(C)c(C)cc1C)N(c1ccc(F)c(Cl)c1)S(C)(=O)=O. The van der Waals surface area contributed by atoms with Gasteiger partial charge in [0.15, 0.2) is 0 Å². The molecule has 0 heterocycles. The zero-order chi connectivity index (χ0) is 22.8. The van der Waals surface area contributed by atoms with E-state index in [1.807, 2.05) is 33.8 Å². The van der Waals surface area contributed by atoms with E-state index in [2.05, 4.69) is 11.4 Å². The number of hydrogen-bond acceptors (Lipinski definition) is 3. The number of nitrogens with zero attached hydrogens (tertiary/aromatic N) is 1. The topological polar surface area (TPSA) is 66.5 Å².